The van der Waals surface area contributed by atoms with E-state index in [0.717, 1.165) is 17.7 Å². The number of rotatable bonds is 4. The van der Waals surface area contributed by atoms with Crippen LogP contribution in [0.1, 0.15) is 24.8 Å². The monoisotopic (exact) mass is 266 g/mol. The second-order valence-electron chi connectivity index (χ2n) is 4.66. The van der Waals surface area contributed by atoms with Crippen molar-refractivity contribution in [1.82, 2.24) is 0 Å². The number of nitrogens with zero attached hydrogens (tertiary/aromatic N) is 1. The molecule has 18 heavy (non-hydrogen) atoms. The average Bonchev–Trinajstić information content (AvgIpc) is 2.78. The van der Waals surface area contributed by atoms with Crippen LogP contribution in [0.5, 0.6) is 0 Å². The predicted octanol–water partition coefficient (Wildman–Crippen LogP) is 3.60. The summed E-state index contributed by atoms with van der Waals surface area (Å²) in [6.45, 7) is 1.81. The van der Waals surface area contributed by atoms with Gasteiger partial charge in [-0.1, -0.05) is 12.5 Å². The first kappa shape index (κ1) is 13.2. The minimum absolute atomic E-state index is 0.193. The summed E-state index contributed by atoms with van der Waals surface area (Å²) in [5.74, 6) is 0. The van der Waals surface area contributed by atoms with Crippen molar-refractivity contribution in [3.8, 4) is 0 Å². The first-order valence-corrected chi connectivity index (χ1v) is 7.45. The molecule has 1 N–H and O–H groups in total. The molecule has 0 radical (unpaired) electrons. The summed E-state index contributed by atoms with van der Waals surface area (Å²) in [4.78, 5) is 10.6. The summed E-state index contributed by atoms with van der Waals surface area (Å²) in [5, 5.41) is 15.0. The number of nitro groups is 1. The maximum atomic E-state index is 10.9. The summed E-state index contributed by atoms with van der Waals surface area (Å²) in [5.41, 5.74) is 1.82. The standard InChI is InChI=1S/C13H18N2O2S/c1-9-10(5-3-7-12(9)15(16)17)14-11-6-4-8-13(11)18-2/h3,5,7,11,13-14H,4,6,8H2,1-2H3. The SMILES string of the molecule is CSC1CCCC1Nc1cccc([N+](=O)[O-])c1C. The molecule has 0 spiro atoms. The maximum Gasteiger partial charge on any atom is 0.274 e. The molecule has 0 aliphatic heterocycles. The number of hydrogen-bond acceptors (Lipinski definition) is 4. The zero-order valence-corrected chi connectivity index (χ0v) is 11.5. The van der Waals surface area contributed by atoms with E-state index in [2.05, 4.69) is 11.6 Å². The average molecular weight is 266 g/mol. The predicted molar refractivity (Wildman–Crippen MR) is 76.4 cm³/mol. The van der Waals surface area contributed by atoms with E-state index < -0.39 is 0 Å². The van der Waals surface area contributed by atoms with E-state index in [1.54, 1.807) is 12.1 Å². The Kier molecular flexibility index (Phi) is 4.11. The van der Waals surface area contributed by atoms with Crippen LogP contribution in [0.25, 0.3) is 0 Å². The molecule has 0 saturated heterocycles. The summed E-state index contributed by atoms with van der Waals surface area (Å²) >= 11 is 1.88. The van der Waals surface area contributed by atoms with Gasteiger partial charge < -0.3 is 5.32 Å². The number of nitro benzene ring substituents is 1. The van der Waals surface area contributed by atoms with Crippen LogP contribution >= 0.6 is 11.8 Å². The fraction of sp³-hybridized carbons (Fsp3) is 0.538. The lowest BCUT2D eigenvalue weighted by Crippen LogP contribution is -2.26. The number of nitrogens with one attached hydrogen (secondary N) is 1. The Bertz CT molecular complexity index is 451. The zero-order valence-electron chi connectivity index (χ0n) is 10.7. The van der Waals surface area contributed by atoms with Gasteiger partial charge in [0.2, 0.25) is 0 Å². The molecule has 1 aromatic carbocycles. The third kappa shape index (κ3) is 2.61. The van der Waals surface area contributed by atoms with Gasteiger partial charge in [0, 0.05) is 28.6 Å². The Morgan fingerprint density at radius 2 is 2.22 bits per heavy atom. The first-order chi connectivity index (χ1) is 8.63. The van der Waals surface area contributed by atoms with Gasteiger partial charge in [-0.05, 0) is 32.1 Å². The highest BCUT2D eigenvalue weighted by Crippen LogP contribution is 2.33. The molecule has 2 atom stereocenters. The molecule has 5 heteroatoms. The van der Waals surface area contributed by atoms with Gasteiger partial charge >= 0.3 is 0 Å². The normalized spacial score (nSPS) is 23.0. The third-order valence-electron chi connectivity index (χ3n) is 3.60. The molecule has 1 aromatic rings. The molecule has 1 saturated carbocycles. The van der Waals surface area contributed by atoms with Crippen molar-refractivity contribution in [1.29, 1.82) is 0 Å². The zero-order chi connectivity index (χ0) is 13.1. The Balaban J connectivity index is 2.19. The Morgan fingerprint density at radius 3 is 2.89 bits per heavy atom. The molecule has 0 bridgehead atoms. The van der Waals surface area contributed by atoms with Crippen molar-refractivity contribution in [2.24, 2.45) is 0 Å². The van der Waals surface area contributed by atoms with Crippen LogP contribution < -0.4 is 5.32 Å². The second kappa shape index (κ2) is 5.61. The van der Waals surface area contributed by atoms with Crippen molar-refractivity contribution >= 4 is 23.1 Å². The molecule has 0 aromatic heterocycles. The van der Waals surface area contributed by atoms with Crippen molar-refractivity contribution < 1.29 is 4.92 Å². The summed E-state index contributed by atoms with van der Waals surface area (Å²) < 4.78 is 0. The minimum Gasteiger partial charge on any atom is -0.381 e. The van der Waals surface area contributed by atoms with Crippen LogP contribution in [-0.2, 0) is 0 Å². The molecular formula is C13H18N2O2S. The van der Waals surface area contributed by atoms with E-state index in [1.165, 1.54) is 12.8 Å². The Hall–Kier alpha value is -1.23. The third-order valence-corrected chi connectivity index (χ3v) is 4.77. The number of benzene rings is 1. The van der Waals surface area contributed by atoms with E-state index in [4.69, 9.17) is 0 Å². The summed E-state index contributed by atoms with van der Waals surface area (Å²) in [7, 11) is 0. The van der Waals surface area contributed by atoms with Gasteiger partial charge in [0.05, 0.1) is 4.92 Å². The van der Waals surface area contributed by atoms with Crippen LogP contribution in [0.4, 0.5) is 11.4 Å². The largest absolute Gasteiger partial charge is 0.381 e. The van der Waals surface area contributed by atoms with Crippen molar-refractivity contribution in [2.75, 3.05) is 11.6 Å². The van der Waals surface area contributed by atoms with Gasteiger partial charge in [-0.2, -0.15) is 11.8 Å². The van der Waals surface area contributed by atoms with Gasteiger partial charge in [-0.3, -0.25) is 10.1 Å². The lowest BCUT2D eigenvalue weighted by molar-refractivity contribution is -0.385. The fourth-order valence-electron chi connectivity index (χ4n) is 2.55. The molecule has 0 amide bonds. The van der Waals surface area contributed by atoms with Crippen LogP contribution in [0.3, 0.4) is 0 Å². The molecule has 4 nitrogen and oxygen atoms in total. The van der Waals surface area contributed by atoms with Crippen LogP contribution in [0, 0.1) is 17.0 Å². The molecule has 1 aliphatic carbocycles. The first-order valence-electron chi connectivity index (χ1n) is 6.17. The lowest BCUT2D eigenvalue weighted by Gasteiger charge is -2.21. The minimum atomic E-state index is -0.318. The van der Waals surface area contributed by atoms with E-state index >= 15 is 0 Å². The quantitative estimate of drug-likeness (QED) is 0.668. The Morgan fingerprint density at radius 1 is 1.44 bits per heavy atom. The van der Waals surface area contributed by atoms with Gasteiger partial charge in [0.15, 0.2) is 0 Å². The number of anilines is 1. The van der Waals surface area contributed by atoms with Crippen LogP contribution in [-0.4, -0.2) is 22.5 Å². The highest BCUT2D eigenvalue weighted by Gasteiger charge is 2.27. The molecule has 98 valence electrons. The number of hydrogen-bond donors (Lipinski definition) is 1. The molecule has 2 unspecified atom stereocenters. The lowest BCUT2D eigenvalue weighted by atomic mass is 10.1. The van der Waals surface area contributed by atoms with Gasteiger partial charge in [-0.25, -0.2) is 0 Å². The topological polar surface area (TPSA) is 55.2 Å². The van der Waals surface area contributed by atoms with Gasteiger partial charge in [0.1, 0.15) is 0 Å². The van der Waals surface area contributed by atoms with Crippen LogP contribution in [0.15, 0.2) is 18.2 Å². The van der Waals surface area contributed by atoms with E-state index in [0.29, 0.717) is 11.3 Å². The van der Waals surface area contributed by atoms with Crippen LogP contribution in [0.2, 0.25) is 0 Å². The van der Waals surface area contributed by atoms with E-state index in [1.807, 2.05) is 24.8 Å². The second-order valence-corrected chi connectivity index (χ2v) is 5.74. The highest BCUT2D eigenvalue weighted by molar-refractivity contribution is 7.99. The van der Waals surface area contributed by atoms with E-state index in [9.17, 15) is 10.1 Å². The smallest absolute Gasteiger partial charge is 0.274 e. The van der Waals surface area contributed by atoms with Crippen molar-refractivity contribution in [3.63, 3.8) is 0 Å². The summed E-state index contributed by atoms with van der Waals surface area (Å²) in [6, 6.07) is 5.66. The molecule has 0 heterocycles. The van der Waals surface area contributed by atoms with Crippen molar-refractivity contribution in [3.05, 3.63) is 33.9 Å². The van der Waals surface area contributed by atoms with Gasteiger partial charge in [0.25, 0.3) is 5.69 Å². The number of thioether (sulfide) groups is 1. The molecule has 1 fully saturated rings. The summed E-state index contributed by atoms with van der Waals surface area (Å²) in [6.07, 6.45) is 5.74. The van der Waals surface area contributed by atoms with E-state index in [-0.39, 0.29) is 10.6 Å². The molecular weight excluding hydrogens is 248 g/mol. The highest BCUT2D eigenvalue weighted by atomic mass is 32.2. The fourth-order valence-corrected chi connectivity index (χ4v) is 3.49. The van der Waals surface area contributed by atoms with Crippen molar-refractivity contribution in [2.45, 2.75) is 37.5 Å². The molecule has 2 rings (SSSR count). The molecule has 1 aliphatic rings. The maximum absolute atomic E-state index is 10.9. The Labute approximate surface area is 111 Å². The van der Waals surface area contributed by atoms with Gasteiger partial charge in [-0.15, -0.1) is 0 Å².